The number of nitrogens with one attached hydrogen (secondary N) is 2. The van der Waals surface area contributed by atoms with E-state index in [2.05, 4.69) is 52.3 Å². The molecule has 2 aromatic rings. The quantitative estimate of drug-likeness (QED) is 0.648. The van der Waals surface area contributed by atoms with E-state index >= 15 is 0 Å². The number of carbonyl (C=O) groups excluding carboxylic acids is 1. The number of rotatable bonds is 4. The molecule has 3 heterocycles. The Morgan fingerprint density at radius 1 is 1.44 bits per heavy atom. The molecule has 27 heavy (non-hydrogen) atoms. The molecule has 2 N–H and O–H groups in total. The number of terminal acetylenes is 1. The van der Waals surface area contributed by atoms with Gasteiger partial charge in [0.05, 0.1) is 12.1 Å². The van der Waals surface area contributed by atoms with Gasteiger partial charge in [0.2, 0.25) is 5.91 Å². The molecule has 2 aliphatic heterocycles. The number of nitrogens with zero attached hydrogens (tertiary/aromatic N) is 1. The number of hydrogen-bond acceptors (Lipinski definition) is 2. The van der Waals surface area contributed by atoms with Gasteiger partial charge in [0.1, 0.15) is 0 Å². The average molecular weight is 361 g/mol. The Labute approximate surface area is 160 Å². The summed E-state index contributed by atoms with van der Waals surface area (Å²) >= 11 is 0. The maximum Gasteiger partial charge on any atom is 0.221 e. The van der Waals surface area contributed by atoms with E-state index in [1.807, 2.05) is 0 Å². The SMILES string of the molecule is C#CCNC(=O)C[C@]1(CC)CCCC2N3CCc4c([nH]c5ccccc45)[C@]231. The standard InChI is InChI=1S/C23H27N3O/c1-3-13-24-20(27)15-22(4-2)12-7-10-19-23(22)21-17(11-14-26(19)23)16-8-5-6-9-18(16)25-21/h1,5-6,8-9,19,25H,4,7,10-15H2,2H3,(H,24,27)/t19?,22-,23-,26?/m0/s1. The molecule has 1 aromatic carbocycles. The molecule has 1 saturated heterocycles. The monoisotopic (exact) mass is 361 g/mol. The lowest BCUT2D eigenvalue weighted by molar-refractivity contribution is -0.124. The number of amides is 1. The van der Waals surface area contributed by atoms with Crippen molar-refractivity contribution < 1.29 is 4.79 Å². The van der Waals surface area contributed by atoms with Gasteiger partial charge in [0.25, 0.3) is 0 Å². The molecule has 1 aromatic heterocycles. The fourth-order valence-electron chi connectivity index (χ4n) is 6.49. The largest absolute Gasteiger partial charge is 0.357 e. The Hall–Kier alpha value is -2.25. The summed E-state index contributed by atoms with van der Waals surface area (Å²) in [6, 6.07) is 9.23. The Bertz CT molecular complexity index is 948. The van der Waals surface area contributed by atoms with Gasteiger partial charge in [0, 0.05) is 41.0 Å². The first-order valence-corrected chi connectivity index (χ1v) is 10.2. The lowest BCUT2D eigenvalue weighted by atomic mass is 9.60. The molecule has 3 aliphatic rings. The van der Waals surface area contributed by atoms with E-state index in [0.29, 0.717) is 19.0 Å². The molecule has 1 amide bonds. The van der Waals surface area contributed by atoms with E-state index in [1.54, 1.807) is 0 Å². The second-order valence-electron chi connectivity index (χ2n) is 8.43. The second-order valence-corrected chi connectivity index (χ2v) is 8.43. The number of benzene rings is 1. The smallest absolute Gasteiger partial charge is 0.221 e. The van der Waals surface area contributed by atoms with Gasteiger partial charge in [-0.25, -0.2) is 0 Å². The number of carbonyl (C=O) groups is 1. The highest BCUT2D eigenvalue weighted by Crippen LogP contribution is 2.70. The molecule has 0 bridgehead atoms. The summed E-state index contributed by atoms with van der Waals surface area (Å²) < 4.78 is 0. The van der Waals surface area contributed by atoms with Crippen LogP contribution >= 0.6 is 0 Å². The predicted molar refractivity (Wildman–Crippen MR) is 107 cm³/mol. The maximum absolute atomic E-state index is 12.7. The topological polar surface area (TPSA) is 47.9 Å². The summed E-state index contributed by atoms with van der Waals surface area (Å²) in [6.07, 6.45) is 11.6. The summed E-state index contributed by atoms with van der Waals surface area (Å²) in [6.45, 7) is 3.68. The molecule has 4 heteroatoms. The summed E-state index contributed by atoms with van der Waals surface area (Å²) in [5.74, 6) is 2.62. The van der Waals surface area contributed by atoms with Gasteiger partial charge in [0.15, 0.2) is 0 Å². The van der Waals surface area contributed by atoms with Crippen LogP contribution in [0.1, 0.15) is 50.3 Å². The highest BCUT2D eigenvalue weighted by molar-refractivity contribution is 5.86. The highest BCUT2D eigenvalue weighted by Gasteiger charge is 2.75. The van der Waals surface area contributed by atoms with Gasteiger partial charge in [-0.2, -0.15) is 0 Å². The molecule has 2 unspecified atom stereocenters. The number of para-hydroxylation sites is 1. The first-order chi connectivity index (χ1) is 13.2. The predicted octanol–water partition coefficient (Wildman–Crippen LogP) is 3.32. The van der Waals surface area contributed by atoms with Crippen LogP contribution in [0.2, 0.25) is 0 Å². The van der Waals surface area contributed by atoms with Gasteiger partial charge < -0.3 is 10.3 Å². The molecule has 4 nitrogen and oxygen atoms in total. The summed E-state index contributed by atoms with van der Waals surface area (Å²) in [7, 11) is 0. The van der Waals surface area contributed by atoms with Crippen LogP contribution in [0.3, 0.4) is 0 Å². The number of fused-ring (bicyclic) bond motifs is 4. The first kappa shape index (κ1) is 16.9. The Balaban J connectivity index is 1.63. The minimum atomic E-state index is -0.0232. The summed E-state index contributed by atoms with van der Waals surface area (Å²) in [4.78, 5) is 19.2. The van der Waals surface area contributed by atoms with Crippen LogP contribution in [0.25, 0.3) is 10.9 Å². The molecule has 1 aliphatic carbocycles. The van der Waals surface area contributed by atoms with E-state index < -0.39 is 0 Å². The number of H-pyrrole nitrogens is 1. The van der Waals surface area contributed by atoms with Crippen LogP contribution in [0.4, 0.5) is 0 Å². The third-order valence-electron chi connectivity index (χ3n) is 7.55. The molecule has 1 spiro atoms. The van der Waals surface area contributed by atoms with Crippen LogP contribution in [-0.2, 0) is 16.8 Å². The van der Waals surface area contributed by atoms with Crippen LogP contribution < -0.4 is 5.32 Å². The van der Waals surface area contributed by atoms with E-state index in [0.717, 1.165) is 25.8 Å². The zero-order valence-electron chi connectivity index (χ0n) is 16.0. The van der Waals surface area contributed by atoms with Crippen LogP contribution in [0, 0.1) is 17.8 Å². The zero-order chi connectivity index (χ0) is 18.6. The third kappa shape index (κ3) is 2.07. The first-order valence-electron chi connectivity index (χ1n) is 10.2. The molecular weight excluding hydrogens is 334 g/mol. The lowest BCUT2D eigenvalue weighted by Crippen LogP contribution is -2.47. The van der Waals surface area contributed by atoms with E-state index in [4.69, 9.17) is 6.42 Å². The molecule has 4 atom stereocenters. The minimum Gasteiger partial charge on any atom is -0.357 e. The fourth-order valence-corrected chi connectivity index (χ4v) is 6.49. The van der Waals surface area contributed by atoms with Crippen LogP contribution in [0.5, 0.6) is 0 Å². The Morgan fingerprint density at radius 2 is 2.30 bits per heavy atom. The fraction of sp³-hybridized carbons (Fsp3) is 0.522. The van der Waals surface area contributed by atoms with Crippen molar-refractivity contribution in [3.05, 3.63) is 35.5 Å². The van der Waals surface area contributed by atoms with Crippen LogP contribution in [-0.4, -0.2) is 34.9 Å². The normalized spacial score (nSPS) is 33.5. The molecule has 140 valence electrons. The zero-order valence-corrected chi connectivity index (χ0v) is 16.0. The van der Waals surface area contributed by atoms with E-state index in [1.165, 1.54) is 35.0 Å². The minimum absolute atomic E-state index is 0.0000859. The third-order valence-corrected chi connectivity index (χ3v) is 7.55. The summed E-state index contributed by atoms with van der Waals surface area (Å²) in [5.41, 5.74) is 4.08. The van der Waals surface area contributed by atoms with Crippen molar-refractivity contribution in [1.29, 1.82) is 0 Å². The van der Waals surface area contributed by atoms with Gasteiger partial charge in [-0.05, 0) is 37.3 Å². The number of aromatic nitrogens is 1. The van der Waals surface area contributed by atoms with Gasteiger partial charge in [-0.15, -0.1) is 6.42 Å². The van der Waals surface area contributed by atoms with Crippen LogP contribution in [0.15, 0.2) is 24.3 Å². The van der Waals surface area contributed by atoms with E-state index in [9.17, 15) is 4.79 Å². The maximum atomic E-state index is 12.7. The lowest BCUT2D eigenvalue weighted by Gasteiger charge is -2.45. The van der Waals surface area contributed by atoms with Crippen molar-refractivity contribution in [3.8, 4) is 12.3 Å². The number of hydrogen-bond donors (Lipinski definition) is 2. The van der Waals surface area contributed by atoms with Crippen molar-refractivity contribution in [2.75, 3.05) is 13.1 Å². The van der Waals surface area contributed by atoms with Crippen molar-refractivity contribution in [2.45, 2.75) is 57.0 Å². The Kier molecular flexibility index (Phi) is 3.67. The molecular formula is C23H27N3O. The molecule has 1 saturated carbocycles. The highest BCUT2D eigenvalue weighted by atomic mass is 16.1. The average Bonchev–Trinajstić information content (AvgIpc) is 3.24. The molecule has 5 rings (SSSR count). The van der Waals surface area contributed by atoms with Gasteiger partial charge in [-0.3, -0.25) is 9.69 Å². The van der Waals surface area contributed by atoms with Crippen molar-refractivity contribution in [3.63, 3.8) is 0 Å². The van der Waals surface area contributed by atoms with Gasteiger partial charge in [-0.1, -0.05) is 37.5 Å². The number of aromatic amines is 1. The molecule has 0 radical (unpaired) electrons. The second kappa shape index (κ2) is 5.87. The van der Waals surface area contributed by atoms with Crippen molar-refractivity contribution >= 4 is 16.8 Å². The van der Waals surface area contributed by atoms with Crippen molar-refractivity contribution in [2.24, 2.45) is 5.41 Å². The summed E-state index contributed by atoms with van der Waals surface area (Å²) in [5, 5.41) is 4.28. The van der Waals surface area contributed by atoms with Crippen molar-refractivity contribution in [1.82, 2.24) is 15.2 Å². The Morgan fingerprint density at radius 3 is 3.11 bits per heavy atom. The molecule has 2 fully saturated rings. The van der Waals surface area contributed by atoms with Gasteiger partial charge >= 0.3 is 0 Å². The van der Waals surface area contributed by atoms with E-state index in [-0.39, 0.29) is 16.9 Å².